The number of halogens is 2. The molecular formula is C11H9Cl2NO3. The Kier molecular flexibility index (Phi) is 3.17. The lowest BCUT2D eigenvalue weighted by Gasteiger charge is -2.09. The number of amides is 1. The molecule has 1 atom stereocenters. The quantitative estimate of drug-likeness (QED) is 0.867. The van der Waals surface area contributed by atoms with Crippen LogP contribution in [0, 0.1) is 0 Å². The molecule has 1 heterocycles. The maximum atomic E-state index is 10.6. The molecule has 6 heteroatoms. The van der Waals surface area contributed by atoms with Gasteiger partial charge in [0.15, 0.2) is 5.58 Å². The Balaban J connectivity index is 2.50. The molecule has 0 saturated heterocycles. The smallest absolute Gasteiger partial charge is 0.405 e. The van der Waals surface area contributed by atoms with Gasteiger partial charge < -0.3 is 14.8 Å². The van der Waals surface area contributed by atoms with Crippen molar-refractivity contribution in [2.45, 2.75) is 13.0 Å². The first-order valence-electron chi connectivity index (χ1n) is 4.85. The Labute approximate surface area is 107 Å². The number of benzene rings is 1. The van der Waals surface area contributed by atoms with Gasteiger partial charge in [-0.15, -0.1) is 0 Å². The van der Waals surface area contributed by atoms with Gasteiger partial charge in [-0.1, -0.05) is 23.2 Å². The molecule has 1 amide bonds. The molecule has 0 bridgehead atoms. The van der Waals surface area contributed by atoms with Gasteiger partial charge in [0, 0.05) is 10.9 Å². The van der Waals surface area contributed by atoms with Crippen LogP contribution in [0.3, 0.4) is 0 Å². The molecule has 0 spiro atoms. The molecule has 2 N–H and O–H groups in total. The maximum absolute atomic E-state index is 10.6. The molecule has 0 fully saturated rings. The van der Waals surface area contributed by atoms with Gasteiger partial charge in [0.2, 0.25) is 0 Å². The van der Waals surface area contributed by atoms with E-state index in [4.69, 9.17) is 32.7 Å². The Morgan fingerprint density at radius 2 is 2.18 bits per heavy atom. The molecule has 17 heavy (non-hydrogen) atoms. The predicted molar refractivity (Wildman–Crippen MR) is 65.8 cm³/mol. The Hall–Kier alpha value is -1.39. The van der Waals surface area contributed by atoms with Crippen LogP contribution >= 0.6 is 23.2 Å². The zero-order valence-corrected chi connectivity index (χ0v) is 10.3. The van der Waals surface area contributed by atoms with Gasteiger partial charge in [-0.3, -0.25) is 0 Å². The largest absolute Gasteiger partial charge is 0.465 e. The highest BCUT2D eigenvalue weighted by molar-refractivity contribution is 6.44. The summed E-state index contributed by atoms with van der Waals surface area (Å²) in [5.41, 5.74) is 1.19. The molecule has 90 valence electrons. The van der Waals surface area contributed by atoms with Crippen molar-refractivity contribution in [1.82, 2.24) is 5.32 Å². The van der Waals surface area contributed by atoms with E-state index in [0.29, 0.717) is 15.6 Å². The minimum atomic E-state index is -1.09. The predicted octanol–water partition coefficient (Wildman–Crippen LogP) is 4.07. The fraction of sp³-hybridized carbons (Fsp3) is 0.182. The van der Waals surface area contributed by atoms with Gasteiger partial charge in [0.1, 0.15) is 5.02 Å². The average molecular weight is 274 g/mol. The number of fused-ring (bicyclic) bond motifs is 1. The van der Waals surface area contributed by atoms with Crippen LogP contribution in [-0.4, -0.2) is 11.2 Å². The number of carbonyl (C=O) groups is 1. The first-order chi connectivity index (χ1) is 8.00. The highest BCUT2D eigenvalue weighted by atomic mass is 35.5. The molecule has 2 rings (SSSR count). The van der Waals surface area contributed by atoms with Crippen molar-refractivity contribution in [3.63, 3.8) is 0 Å². The number of hydrogen-bond acceptors (Lipinski definition) is 2. The van der Waals surface area contributed by atoms with Crippen molar-refractivity contribution in [3.8, 4) is 0 Å². The normalized spacial score (nSPS) is 12.6. The third-order valence-corrected chi connectivity index (χ3v) is 3.26. The van der Waals surface area contributed by atoms with Gasteiger partial charge >= 0.3 is 6.09 Å². The van der Waals surface area contributed by atoms with E-state index in [1.54, 1.807) is 19.1 Å². The Morgan fingerprint density at radius 1 is 1.47 bits per heavy atom. The van der Waals surface area contributed by atoms with Crippen molar-refractivity contribution in [2.75, 3.05) is 0 Å². The van der Waals surface area contributed by atoms with Crippen LogP contribution in [0.2, 0.25) is 10.0 Å². The summed E-state index contributed by atoms with van der Waals surface area (Å²) < 4.78 is 5.31. The standard InChI is InChI=1S/C11H9Cl2NO3/c1-5(14-11(15)16)7-4-17-10-6(7)2-3-8(12)9(10)13/h2-5,14H,1H3,(H,15,16). The second-order valence-corrected chi connectivity index (χ2v) is 4.39. The first-order valence-corrected chi connectivity index (χ1v) is 5.61. The first kappa shape index (κ1) is 12.1. The SMILES string of the molecule is CC(NC(=O)O)c1coc2c(Cl)c(Cl)ccc12. The summed E-state index contributed by atoms with van der Waals surface area (Å²) in [5.74, 6) is 0. The molecule has 1 aromatic carbocycles. The van der Waals surface area contributed by atoms with E-state index >= 15 is 0 Å². The van der Waals surface area contributed by atoms with Gasteiger partial charge in [-0.05, 0) is 19.1 Å². The average Bonchev–Trinajstić information content (AvgIpc) is 2.67. The molecule has 0 saturated carbocycles. The van der Waals surface area contributed by atoms with Crippen molar-refractivity contribution in [3.05, 3.63) is 34.0 Å². The third kappa shape index (κ3) is 2.18. The number of nitrogens with one attached hydrogen (secondary N) is 1. The summed E-state index contributed by atoms with van der Waals surface area (Å²) in [6, 6.07) is 3.02. The minimum absolute atomic E-state index is 0.331. The van der Waals surface area contributed by atoms with Crippen molar-refractivity contribution < 1.29 is 14.3 Å². The zero-order chi connectivity index (χ0) is 12.6. The summed E-state index contributed by atoms with van der Waals surface area (Å²) in [5, 5.41) is 12.5. The van der Waals surface area contributed by atoms with E-state index in [9.17, 15) is 4.79 Å². The van der Waals surface area contributed by atoms with E-state index in [1.807, 2.05) is 0 Å². The molecule has 1 unspecified atom stereocenters. The summed E-state index contributed by atoms with van der Waals surface area (Å²) in [6.07, 6.45) is 0.389. The lowest BCUT2D eigenvalue weighted by Crippen LogP contribution is -2.24. The highest BCUT2D eigenvalue weighted by Gasteiger charge is 2.17. The second-order valence-electron chi connectivity index (χ2n) is 3.60. The topological polar surface area (TPSA) is 62.5 Å². The van der Waals surface area contributed by atoms with Crippen LogP contribution in [0.25, 0.3) is 11.0 Å². The molecule has 0 aliphatic carbocycles. The molecular weight excluding hydrogens is 265 g/mol. The summed E-state index contributed by atoms with van der Waals surface area (Å²) >= 11 is 11.8. The lowest BCUT2D eigenvalue weighted by atomic mass is 10.1. The van der Waals surface area contributed by atoms with Crippen molar-refractivity contribution in [1.29, 1.82) is 0 Å². The summed E-state index contributed by atoms with van der Waals surface area (Å²) in [7, 11) is 0. The van der Waals surface area contributed by atoms with Crippen LogP contribution in [-0.2, 0) is 0 Å². The monoisotopic (exact) mass is 273 g/mol. The van der Waals surface area contributed by atoms with E-state index in [-0.39, 0.29) is 6.04 Å². The Morgan fingerprint density at radius 3 is 2.82 bits per heavy atom. The molecule has 4 nitrogen and oxygen atoms in total. The van der Waals surface area contributed by atoms with Gasteiger partial charge in [-0.25, -0.2) is 4.79 Å². The van der Waals surface area contributed by atoms with E-state index in [2.05, 4.69) is 5.32 Å². The van der Waals surface area contributed by atoms with Crippen molar-refractivity contribution >= 4 is 40.3 Å². The number of furan rings is 1. The molecule has 1 aromatic heterocycles. The van der Waals surface area contributed by atoms with Crippen LogP contribution < -0.4 is 5.32 Å². The zero-order valence-electron chi connectivity index (χ0n) is 8.83. The van der Waals surface area contributed by atoms with Gasteiger partial charge in [0.25, 0.3) is 0 Å². The fourth-order valence-corrected chi connectivity index (χ4v) is 2.02. The van der Waals surface area contributed by atoms with E-state index < -0.39 is 6.09 Å². The van der Waals surface area contributed by atoms with Gasteiger partial charge in [0.05, 0.1) is 17.3 Å². The maximum Gasteiger partial charge on any atom is 0.405 e. The number of rotatable bonds is 2. The molecule has 0 aliphatic heterocycles. The van der Waals surface area contributed by atoms with Crippen LogP contribution in [0.5, 0.6) is 0 Å². The Bertz CT molecular complexity index is 579. The van der Waals surface area contributed by atoms with Crippen molar-refractivity contribution in [2.24, 2.45) is 0 Å². The van der Waals surface area contributed by atoms with E-state index in [1.165, 1.54) is 6.26 Å². The summed E-state index contributed by atoms with van der Waals surface area (Å²) in [4.78, 5) is 10.6. The number of hydrogen-bond donors (Lipinski definition) is 2. The lowest BCUT2D eigenvalue weighted by molar-refractivity contribution is 0.191. The number of carboxylic acid groups (broad SMARTS) is 1. The second kappa shape index (κ2) is 4.47. The fourth-order valence-electron chi connectivity index (χ4n) is 1.66. The highest BCUT2D eigenvalue weighted by Crippen LogP contribution is 2.35. The summed E-state index contributed by atoms with van der Waals surface area (Å²) in [6.45, 7) is 1.72. The van der Waals surface area contributed by atoms with Crippen LogP contribution in [0.1, 0.15) is 18.5 Å². The van der Waals surface area contributed by atoms with Crippen LogP contribution in [0.4, 0.5) is 4.79 Å². The minimum Gasteiger partial charge on any atom is -0.465 e. The molecule has 0 radical (unpaired) electrons. The molecule has 0 aliphatic rings. The van der Waals surface area contributed by atoms with Crippen LogP contribution in [0.15, 0.2) is 22.8 Å². The van der Waals surface area contributed by atoms with E-state index in [0.717, 1.165) is 10.9 Å². The molecule has 2 aromatic rings. The van der Waals surface area contributed by atoms with Gasteiger partial charge in [-0.2, -0.15) is 0 Å². The third-order valence-electron chi connectivity index (χ3n) is 2.47.